The number of hydrogen-bond donors (Lipinski definition) is 1. The van der Waals surface area contributed by atoms with E-state index in [0.717, 1.165) is 18.4 Å². The zero-order valence-electron chi connectivity index (χ0n) is 10.4. The average molecular weight is 219 g/mol. The molecule has 0 amide bonds. The van der Waals surface area contributed by atoms with Gasteiger partial charge in [-0.05, 0) is 31.4 Å². The molecule has 0 aliphatic heterocycles. The standard InChI is InChI=1S/C13H21N3/c1-10-6-11(10)9-16(3)13-4-5-15-8-12(13)7-14-2/h4-5,8,10-11,14H,6-7,9H2,1-3H3. The van der Waals surface area contributed by atoms with E-state index in [2.05, 4.69) is 35.2 Å². The molecule has 2 rings (SSSR count). The number of anilines is 1. The Hall–Kier alpha value is -1.09. The molecule has 0 aromatic carbocycles. The van der Waals surface area contributed by atoms with E-state index in [0.29, 0.717) is 0 Å². The van der Waals surface area contributed by atoms with Gasteiger partial charge in [-0.2, -0.15) is 0 Å². The number of nitrogens with one attached hydrogen (secondary N) is 1. The number of rotatable bonds is 5. The van der Waals surface area contributed by atoms with Crippen molar-refractivity contribution in [1.82, 2.24) is 10.3 Å². The zero-order valence-corrected chi connectivity index (χ0v) is 10.4. The second-order valence-corrected chi connectivity index (χ2v) is 4.89. The van der Waals surface area contributed by atoms with Crippen LogP contribution in [-0.4, -0.2) is 25.6 Å². The third kappa shape index (κ3) is 2.53. The summed E-state index contributed by atoms with van der Waals surface area (Å²) >= 11 is 0. The van der Waals surface area contributed by atoms with Crippen LogP contribution in [0, 0.1) is 11.8 Å². The second kappa shape index (κ2) is 4.83. The molecule has 1 N–H and O–H groups in total. The molecule has 1 fully saturated rings. The molecule has 0 saturated heterocycles. The molecule has 1 saturated carbocycles. The van der Waals surface area contributed by atoms with Crippen LogP contribution >= 0.6 is 0 Å². The Kier molecular flexibility index (Phi) is 3.44. The summed E-state index contributed by atoms with van der Waals surface area (Å²) in [6.07, 6.45) is 5.22. The van der Waals surface area contributed by atoms with E-state index in [9.17, 15) is 0 Å². The maximum atomic E-state index is 4.19. The summed E-state index contributed by atoms with van der Waals surface area (Å²) in [4.78, 5) is 6.55. The molecule has 0 bridgehead atoms. The molecule has 0 spiro atoms. The molecule has 16 heavy (non-hydrogen) atoms. The predicted octanol–water partition coefficient (Wildman–Crippen LogP) is 1.89. The fourth-order valence-electron chi connectivity index (χ4n) is 2.22. The summed E-state index contributed by atoms with van der Waals surface area (Å²) in [5, 5.41) is 3.19. The van der Waals surface area contributed by atoms with Gasteiger partial charge >= 0.3 is 0 Å². The lowest BCUT2D eigenvalue weighted by Crippen LogP contribution is -2.23. The SMILES string of the molecule is CNCc1cnccc1N(C)CC1CC1C. The van der Waals surface area contributed by atoms with E-state index >= 15 is 0 Å². The first-order chi connectivity index (χ1) is 7.72. The van der Waals surface area contributed by atoms with Gasteiger partial charge in [-0.15, -0.1) is 0 Å². The van der Waals surface area contributed by atoms with Crippen LogP contribution in [0.3, 0.4) is 0 Å². The highest BCUT2D eigenvalue weighted by Crippen LogP contribution is 2.38. The predicted molar refractivity (Wildman–Crippen MR) is 67.5 cm³/mol. The van der Waals surface area contributed by atoms with Crippen LogP contribution in [0.1, 0.15) is 18.9 Å². The van der Waals surface area contributed by atoms with Gasteiger partial charge in [-0.25, -0.2) is 0 Å². The molecule has 1 heterocycles. The number of pyridine rings is 1. The Balaban J connectivity index is 2.05. The first-order valence-electron chi connectivity index (χ1n) is 6.01. The van der Waals surface area contributed by atoms with E-state index in [1.165, 1.54) is 24.2 Å². The van der Waals surface area contributed by atoms with Crippen molar-refractivity contribution in [3.8, 4) is 0 Å². The van der Waals surface area contributed by atoms with E-state index in [4.69, 9.17) is 0 Å². The molecule has 2 atom stereocenters. The monoisotopic (exact) mass is 219 g/mol. The molecule has 1 aliphatic carbocycles. The van der Waals surface area contributed by atoms with E-state index < -0.39 is 0 Å². The van der Waals surface area contributed by atoms with Crippen LogP contribution in [0.15, 0.2) is 18.5 Å². The molecule has 1 aliphatic rings. The molecule has 1 aromatic rings. The first-order valence-corrected chi connectivity index (χ1v) is 6.01. The van der Waals surface area contributed by atoms with Crippen LogP contribution in [0.4, 0.5) is 5.69 Å². The third-order valence-electron chi connectivity index (χ3n) is 3.44. The lowest BCUT2D eigenvalue weighted by Gasteiger charge is -2.22. The second-order valence-electron chi connectivity index (χ2n) is 4.89. The van der Waals surface area contributed by atoms with Gasteiger partial charge in [-0.1, -0.05) is 6.92 Å². The highest BCUT2D eigenvalue weighted by molar-refractivity contribution is 5.51. The molecule has 3 heteroatoms. The van der Waals surface area contributed by atoms with Crippen LogP contribution < -0.4 is 10.2 Å². The highest BCUT2D eigenvalue weighted by Gasteiger charge is 2.33. The van der Waals surface area contributed by atoms with Gasteiger partial charge in [0.05, 0.1) is 0 Å². The molecular formula is C13H21N3. The fourth-order valence-corrected chi connectivity index (χ4v) is 2.22. The van der Waals surface area contributed by atoms with Crippen molar-refractivity contribution in [2.24, 2.45) is 11.8 Å². The Bertz CT molecular complexity index is 351. The van der Waals surface area contributed by atoms with Crippen LogP contribution in [0.25, 0.3) is 0 Å². The number of aromatic nitrogens is 1. The minimum atomic E-state index is 0.883. The Morgan fingerprint density at radius 2 is 2.31 bits per heavy atom. The summed E-state index contributed by atoms with van der Waals surface area (Å²) < 4.78 is 0. The number of nitrogens with zero attached hydrogens (tertiary/aromatic N) is 2. The van der Waals surface area contributed by atoms with Crippen LogP contribution in [0.2, 0.25) is 0 Å². The van der Waals surface area contributed by atoms with Gasteiger partial charge in [0.2, 0.25) is 0 Å². The van der Waals surface area contributed by atoms with Gasteiger partial charge in [0.15, 0.2) is 0 Å². The average Bonchev–Trinajstić information content (AvgIpc) is 2.95. The summed E-state index contributed by atoms with van der Waals surface area (Å²) in [6.45, 7) is 4.38. The largest absolute Gasteiger partial charge is 0.374 e. The topological polar surface area (TPSA) is 28.2 Å². The third-order valence-corrected chi connectivity index (χ3v) is 3.44. The fraction of sp³-hybridized carbons (Fsp3) is 0.615. The Morgan fingerprint density at radius 1 is 1.56 bits per heavy atom. The van der Waals surface area contributed by atoms with Crippen molar-refractivity contribution >= 4 is 5.69 Å². The van der Waals surface area contributed by atoms with Gasteiger partial charge in [0.25, 0.3) is 0 Å². The van der Waals surface area contributed by atoms with E-state index in [-0.39, 0.29) is 0 Å². The van der Waals surface area contributed by atoms with Crippen LogP contribution in [-0.2, 0) is 6.54 Å². The molecule has 3 nitrogen and oxygen atoms in total. The van der Waals surface area contributed by atoms with Crippen molar-refractivity contribution < 1.29 is 0 Å². The summed E-state index contributed by atoms with van der Waals surface area (Å²) in [5.41, 5.74) is 2.59. The quantitative estimate of drug-likeness (QED) is 0.819. The van der Waals surface area contributed by atoms with E-state index in [1.807, 2.05) is 19.4 Å². The normalized spacial score (nSPS) is 23.2. The zero-order chi connectivity index (χ0) is 11.5. The minimum absolute atomic E-state index is 0.883. The maximum absolute atomic E-state index is 4.19. The Labute approximate surface area is 97.9 Å². The van der Waals surface area contributed by atoms with Crippen molar-refractivity contribution in [3.05, 3.63) is 24.0 Å². The molecule has 1 aromatic heterocycles. The summed E-state index contributed by atoms with van der Waals surface area (Å²) in [6, 6.07) is 2.11. The van der Waals surface area contributed by atoms with E-state index in [1.54, 1.807) is 0 Å². The number of hydrogen-bond acceptors (Lipinski definition) is 3. The molecule has 0 radical (unpaired) electrons. The van der Waals surface area contributed by atoms with Gasteiger partial charge in [0.1, 0.15) is 0 Å². The smallest absolute Gasteiger partial charge is 0.0440 e. The summed E-state index contributed by atoms with van der Waals surface area (Å²) in [5.74, 6) is 1.80. The van der Waals surface area contributed by atoms with Gasteiger partial charge in [-0.3, -0.25) is 4.98 Å². The van der Waals surface area contributed by atoms with Crippen LogP contribution in [0.5, 0.6) is 0 Å². The Morgan fingerprint density at radius 3 is 2.94 bits per heavy atom. The molecule has 88 valence electrons. The maximum Gasteiger partial charge on any atom is 0.0440 e. The minimum Gasteiger partial charge on any atom is -0.374 e. The van der Waals surface area contributed by atoms with Crippen molar-refractivity contribution in [1.29, 1.82) is 0 Å². The van der Waals surface area contributed by atoms with Crippen molar-refractivity contribution in [2.75, 3.05) is 25.5 Å². The first kappa shape index (κ1) is 11.4. The molecule has 2 unspecified atom stereocenters. The van der Waals surface area contributed by atoms with Crippen molar-refractivity contribution in [2.45, 2.75) is 19.9 Å². The highest BCUT2D eigenvalue weighted by atomic mass is 15.1. The molecular weight excluding hydrogens is 198 g/mol. The lowest BCUT2D eigenvalue weighted by molar-refractivity contribution is 0.718. The van der Waals surface area contributed by atoms with Gasteiger partial charge in [0, 0.05) is 43.8 Å². The summed E-state index contributed by atoms with van der Waals surface area (Å²) in [7, 11) is 4.15. The van der Waals surface area contributed by atoms with Gasteiger partial charge < -0.3 is 10.2 Å². The van der Waals surface area contributed by atoms with Crippen molar-refractivity contribution in [3.63, 3.8) is 0 Å². The lowest BCUT2D eigenvalue weighted by atomic mass is 10.2.